The summed E-state index contributed by atoms with van der Waals surface area (Å²) in [6, 6.07) is 3.84. The maximum absolute atomic E-state index is 13.8. The molecule has 0 aliphatic carbocycles. The molecule has 1 amide bonds. The number of carbonyl (C=O) groups is 3. The van der Waals surface area contributed by atoms with Crippen LogP contribution in [0.1, 0.15) is 32.3 Å². The van der Waals surface area contributed by atoms with Crippen LogP contribution in [0.15, 0.2) is 29.8 Å². The Morgan fingerprint density at radius 3 is 2.68 bits per heavy atom. The van der Waals surface area contributed by atoms with E-state index in [4.69, 9.17) is 21.1 Å². The lowest BCUT2D eigenvalue weighted by atomic mass is 9.91. The van der Waals surface area contributed by atoms with Crippen molar-refractivity contribution in [3.8, 4) is 0 Å². The van der Waals surface area contributed by atoms with E-state index in [1.807, 2.05) is 0 Å². The molecule has 0 bridgehead atoms. The fraction of sp³-hybridized carbons (Fsp3) is 0.353. The van der Waals surface area contributed by atoms with Crippen LogP contribution in [0, 0.1) is 5.82 Å². The van der Waals surface area contributed by atoms with Gasteiger partial charge in [-0.05, 0) is 25.5 Å². The number of nitrogens with zero attached hydrogens (tertiary/aromatic N) is 1. The van der Waals surface area contributed by atoms with Gasteiger partial charge in [-0.1, -0.05) is 17.7 Å². The molecule has 25 heavy (non-hydrogen) atoms. The second-order valence-electron chi connectivity index (χ2n) is 5.97. The van der Waals surface area contributed by atoms with Crippen LogP contribution >= 0.6 is 11.6 Å². The van der Waals surface area contributed by atoms with Crippen molar-refractivity contribution in [1.82, 2.24) is 4.90 Å². The number of hydrogen-bond donors (Lipinski definition) is 0. The van der Waals surface area contributed by atoms with Crippen molar-refractivity contribution in [1.29, 1.82) is 0 Å². The topological polar surface area (TPSA) is 72.9 Å². The van der Waals surface area contributed by atoms with Gasteiger partial charge in [-0.15, -0.1) is 0 Å². The van der Waals surface area contributed by atoms with Crippen molar-refractivity contribution in [3.05, 3.63) is 46.2 Å². The number of benzene rings is 1. The van der Waals surface area contributed by atoms with Gasteiger partial charge in [0.05, 0.1) is 5.02 Å². The van der Waals surface area contributed by atoms with Crippen LogP contribution in [0.2, 0.25) is 5.02 Å². The molecule has 1 saturated heterocycles. The SMILES string of the molecule is CC(=O)OC1=C(N2CCCC2=O)OC(C)(c2ccc(Cl)c(F)c2)C1=O. The molecular formula is C17H15ClFNO5. The lowest BCUT2D eigenvalue weighted by Crippen LogP contribution is -2.33. The molecule has 8 heteroatoms. The summed E-state index contributed by atoms with van der Waals surface area (Å²) in [5.41, 5.74) is -1.43. The summed E-state index contributed by atoms with van der Waals surface area (Å²) in [6.45, 7) is 2.91. The van der Waals surface area contributed by atoms with Crippen molar-refractivity contribution in [2.24, 2.45) is 0 Å². The van der Waals surface area contributed by atoms with Gasteiger partial charge in [0.25, 0.3) is 5.78 Å². The van der Waals surface area contributed by atoms with Crippen LogP contribution < -0.4 is 0 Å². The van der Waals surface area contributed by atoms with E-state index in [0.717, 1.165) is 13.0 Å². The fourth-order valence-corrected chi connectivity index (χ4v) is 2.97. The monoisotopic (exact) mass is 367 g/mol. The normalized spacial score (nSPS) is 23.3. The summed E-state index contributed by atoms with van der Waals surface area (Å²) in [4.78, 5) is 37.6. The van der Waals surface area contributed by atoms with E-state index in [0.29, 0.717) is 19.4 Å². The van der Waals surface area contributed by atoms with Gasteiger partial charge in [-0.2, -0.15) is 0 Å². The first-order chi connectivity index (χ1) is 11.7. The maximum atomic E-state index is 13.8. The van der Waals surface area contributed by atoms with E-state index in [1.165, 1.54) is 24.0 Å². The largest absolute Gasteiger partial charge is 0.456 e. The highest BCUT2D eigenvalue weighted by Gasteiger charge is 2.52. The third-order valence-corrected chi connectivity index (χ3v) is 4.48. The van der Waals surface area contributed by atoms with Gasteiger partial charge in [0.15, 0.2) is 5.60 Å². The highest BCUT2D eigenvalue weighted by Crippen LogP contribution is 2.42. The van der Waals surface area contributed by atoms with Crippen molar-refractivity contribution in [2.45, 2.75) is 32.3 Å². The first-order valence-corrected chi connectivity index (χ1v) is 8.04. The van der Waals surface area contributed by atoms with Crippen molar-refractivity contribution < 1.29 is 28.2 Å². The molecule has 1 fully saturated rings. The van der Waals surface area contributed by atoms with Crippen molar-refractivity contribution >= 4 is 29.3 Å². The minimum atomic E-state index is -1.63. The number of ketones is 1. The molecule has 0 radical (unpaired) electrons. The quantitative estimate of drug-likeness (QED) is 0.768. The number of carbonyl (C=O) groups excluding carboxylic acids is 3. The van der Waals surface area contributed by atoms with Gasteiger partial charge in [0, 0.05) is 25.5 Å². The number of hydrogen-bond acceptors (Lipinski definition) is 5. The Labute approximate surface area is 148 Å². The third kappa shape index (κ3) is 2.89. The molecule has 0 saturated carbocycles. The van der Waals surface area contributed by atoms with E-state index in [1.54, 1.807) is 0 Å². The Kier molecular flexibility index (Phi) is 4.28. The minimum Gasteiger partial charge on any atom is -0.456 e. The van der Waals surface area contributed by atoms with Crippen molar-refractivity contribution in [2.75, 3.05) is 6.54 Å². The molecule has 2 heterocycles. The first-order valence-electron chi connectivity index (χ1n) is 7.66. The number of esters is 1. The van der Waals surface area contributed by atoms with Crippen LogP contribution in [-0.4, -0.2) is 29.1 Å². The zero-order chi connectivity index (χ0) is 18.4. The maximum Gasteiger partial charge on any atom is 0.308 e. The lowest BCUT2D eigenvalue weighted by Gasteiger charge is -2.26. The summed E-state index contributed by atoms with van der Waals surface area (Å²) in [5, 5.41) is -0.0964. The number of halogens is 2. The van der Waals surface area contributed by atoms with Crippen LogP contribution in [0.3, 0.4) is 0 Å². The number of Topliss-reactive ketones (excluding diaryl/α,β-unsaturated/α-hetero) is 1. The summed E-state index contributed by atoms with van der Waals surface area (Å²) in [5.74, 6) is -2.79. The zero-order valence-corrected chi connectivity index (χ0v) is 14.4. The van der Waals surface area contributed by atoms with E-state index >= 15 is 0 Å². The standard InChI is InChI=1S/C17H15ClFNO5/c1-9(21)24-14-15(23)17(2,10-5-6-11(18)12(19)8-10)25-16(14)20-7-3-4-13(20)22/h5-6,8H,3-4,7H2,1-2H3. The molecule has 1 aromatic rings. The number of rotatable bonds is 3. The molecule has 0 spiro atoms. The summed E-state index contributed by atoms with van der Waals surface area (Å²) in [6.07, 6.45) is 0.903. The van der Waals surface area contributed by atoms with Crippen LogP contribution in [-0.2, 0) is 29.5 Å². The van der Waals surface area contributed by atoms with Crippen LogP contribution in [0.5, 0.6) is 0 Å². The first kappa shape index (κ1) is 17.4. The molecule has 1 atom stereocenters. The Morgan fingerprint density at radius 2 is 2.12 bits per heavy atom. The van der Waals surface area contributed by atoms with E-state index in [-0.39, 0.29) is 28.1 Å². The van der Waals surface area contributed by atoms with Crippen molar-refractivity contribution in [3.63, 3.8) is 0 Å². The van der Waals surface area contributed by atoms with Gasteiger partial charge in [0.1, 0.15) is 5.82 Å². The summed E-state index contributed by atoms with van der Waals surface area (Å²) < 4.78 is 24.6. The lowest BCUT2D eigenvalue weighted by molar-refractivity contribution is -0.142. The Balaban J connectivity index is 2.05. The minimum absolute atomic E-state index is 0.0964. The molecule has 132 valence electrons. The van der Waals surface area contributed by atoms with E-state index < -0.39 is 23.2 Å². The van der Waals surface area contributed by atoms with Gasteiger partial charge in [-0.3, -0.25) is 19.3 Å². The third-order valence-electron chi connectivity index (χ3n) is 4.17. The fourth-order valence-electron chi connectivity index (χ4n) is 2.86. The highest BCUT2D eigenvalue weighted by molar-refractivity contribution is 6.30. The second kappa shape index (κ2) is 6.15. The van der Waals surface area contributed by atoms with Gasteiger partial charge >= 0.3 is 5.97 Å². The smallest absolute Gasteiger partial charge is 0.308 e. The predicted octanol–water partition coefficient (Wildman–Crippen LogP) is 2.65. The Bertz CT molecular complexity index is 821. The molecule has 1 aromatic carbocycles. The van der Waals surface area contributed by atoms with E-state index in [2.05, 4.69) is 0 Å². The molecule has 2 aliphatic heterocycles. The van der Waals surface area contributed by atoms with E-state index in [9.17, 15) is 18.8 Å². The molecule has 2 aliphatic rings. The molecule has 1 unspecified atom stereocenters. The number of amides is 1. The Morgan fingerprint density at radius 1 is 1.40 bits per heavy atom. The van der Waals surface area contributed by atoms with Gasteiger partial charge in [0.2, 0.25) is 17.5 Å². The second-order valence-corrected chi connectivity index (χ2v) is 6.38. The molecule has 0 aromatic heterocycles. The average Bonchev–Trinajstić information content (AvgIpc) is 3.07. The molecule has 3 rings (SSSR count). The molecular weight excluding hydrogens is 353 g/mol. The average molecular weight is 368 g/mol. The predicted molar refractivity (Wildman–Crippen MR) is 84.6 cm³/mol. The van der Waals surface area contributed by atoms with Crippen LogP contribution in [0.4, 0.5) is 4.39 Å². The molecule has 6 nitrogen and oxygen atoms in total. The number of ether oxygens (including phenoxy) is 2. The molecule has 0 N–H and O–H groups in total. The Hall–Kier alpha value is -2.41. The van der Waals surface area contributed by atoms with Gasteiger partial charge < -0.3 is 9.47 Å². The summed E-state index contributed by atoms with van der Waals surface area (Å²) >= 11 is 5.68. The van der Waals surface area contributed by atoms with Gasteiger partial charge in [-0.25, -0.2) is 4.39 Å². The van der Waals surface area contributed by atoms with Crippen LogP contribution in [0.25, 0.3) is 0 Å². The highest BCUT2D eigenvalue weighted by atomic mass is 35.5. The number of likely N-dealkylation sites (tertiary alicyclic amines) is 1. The zero-order valence-electron chi connectivity index (χ0n) is 13.6. The summed E-state index contributed by atoms with van der Waals surface area (Å²) in [7, 11) is 0.